The lowest BCUT2D eigenvalue weighted by Crippen LogP contribution is -2.26. The SMILES string of the molecule is CC12OC1[C@@H]1CC[C@H]2C1(C)C. The smallest absolute Gasteiger partial charge is 0.0956 e. The van der Waals surface area contributed by atoms with Crippen molar-refractivity contribution in [3.05, 3.63) is 0 Å². The first-order valence-electron chi connectivity index (χ1n) is 4.74. The van der Waals surface area contributed by atoms with Gasteiger partial charge < -0.3 is 4.74 Å². The highest BCUT2D eigenvalue weighted by molar-refractivity contribution is 5.23. The molecule has 2 bridgehead atoms. The van der Waals surface area contributed by atoms with Crippen molar-refractivity contribution >= 4 is 0 Å². The van der Waals surface area contributed by atoms with Crippen molar-refractivity contribution in [1.82, 2.24) is 0 Å². The van der Waals surface area contributed by atoms with Crippen molar-refractivity contribution in [2.24, 2.45) is 17.3 Å². The van der Waals surface area contributed by atoms with Crippen molar-refractivity contribution in [1.29, 1.82) is 0 Å². The van der Waals surface area contributed by atoms with E-state index in [-0.39, 0.29) is 0 Å². The van der Waals surface area contributed by atoms with Crippen LogP contribution in [0.25, 0.3) is 0 Å². The molecule has 4 atom stereocenters. The van der Waals surface area contributed by atoms with Gasteiger partial charge in [0.2, 0.25) is 0 Å². The van der Waals surface area contributed by atoms with Crippen molar-refractivity contribution in [3.8, 4) is 0 Å². The number of ether oxygens (including phenoxy) is 1. The van der Waals surface area contributed by atoms with Crippen LogP contribution in [-0.4, -0.2) is 11.7 Å². The highest BCUT2D eigenvalue weighted by atomic mass is 16.6. The number of rotatable bonds is 0. The standard InChI is InChI=1S/C10H16O/c1-9(2)6-4-5-7(9)10(3)8(6)11-10/h6-8H,4-5H2,1-3H3/t6-,7-,8?,10?/m0/s1. The lowest BCUT2D eigenvalue weighted by atomic mass is 9.79. The molecule has 0 aromatic rings. The maximum Gasteiger partial charge on any atom is 0.0956 e. The third-order valence-electron chi connectivity index (χ3n) is 4.57. The average Bonchev–Trinajstić information content (AvgIpc) is 2.44. The van der Waals surface area contributed by atoms with E-state index < -0.39 is 0 Å². The molecule has 3 aliphatic rings. The zero-order valence-corrected chi connectivity index (χ0v) is 7.55. The Bertz CT molecular complexity index is 221. The third-order valence-corrected chi connectivity index (χ3v) is 4.57. The maximum atomic E-state index is 5.76. The molecule has 1 aliphatic heterocycles. The summed E-state index contributed by atoms with van der Waals surface area (Å²) in [4.78, 5) is 0. The molecule has 3 rings (SSSR count). The van der Waals surface area contributed by atoms with Gasteiger partial charge in [-0.25, -0.2) is 0 Å². The monoisotopic (exact) mass is 152 g/mol. The Labute approximate surface area is 68.1 Å². The predicted octanol–water partition coefficient (Wildman–Crippen LogP) is 2.21. The van der Waals surface area contributed by atoms with Crippen LogP contribution in [-0.2, 0) is 4.74 Å². The second-order valence-corrected chi connectivity index (χ2v) is 5.28. The number of epoxide rings is 1. The predicted molar refractivity (Wildman–Crippen MR) is 43.3 cm³/mol. The Balaban J connectivity index is 2.07. The first-order chi connectivity index (χ1) is 5.07. The van der Waals surface area contributed by atoms with E-state index >= 15 is 0 Å². The van der Waals surface area contributed by atoms with Crippen LogP contribution in [0.4, 0.5) is 0 Å². The van der Waals surface area contributed by atoms with Gasteiger partial charge in [-0.05, 0) is 37.0 Å². The highest BCUT2D eigenvalue weighted by Gasteiger charge is 2.75. The normalized spacial score (nSPS) is 63.0. The molecule has 0 N–H and O–H groups in total. The van der Waals surface area contributed by atoms with E-state index in [1.165, 1.54) is 12.8 Å². The highest BCUT2D eigenvalue weighted by Crippen LogP contribution is 2.71. The zero-order valence-electron chi connectivity index (χ0n) is 7.55. The molecule has 2 unspecified atom stereocenters. The molecule has 11 heavy (non-hydrogen) atoms. The van der Waals surface area contributed by atoms with E-state index in [1.54, 1.807) is 0 Å². The fraction of sp³-hybridized carbons (Fsp3) is 1.00. The summed E-state index contributed by atoms with van der Waals surface area (Å²) < 4.78 is 5.76. The number of hydrogen-bond donors (Lipinski definition) is 0. The Hall–Kier alpha value is -0.0400. The van der Waals surface area contributed by atoms with Crippen molar-refractivity contribution in [2.45, 2.75) is 45.3 Å². The van der Waals surface area contributed by atoms with E-state index in [1.807, 2.05) is 0 Å². The molecule has 1 heterocycles. The van der Waals surface area contributed by atoms with Gasteiger partial charge in [0.15, 0.2) is 0 Å². The number of hydrogen-bond acceptors (Lipinski definition) is 1. The largest absolute Gasteiger partial charge is 0.366 e. The molecule has 0 aromatic carbocycles. The second kappa shape index (κ2) is 1.39. The summed E-state index contributed by atoms with van der Waals surface area (Å²) in [5.41, 5.74) is 0.893. The van der Waals surface area contributed by atoms with Gasteiger partial charge in [-0.2, -0.15) is 0 Å². The minimum Gasteiger partial charge on any atom is -0.366 e. The average molecular weight is 152 g/mol. The molecule has 1 heteroatoms. The van der Waals surface area contributed by atoms with Crippen LogP contribution < -0.4 is 0 Å². The molecular formula is C10H16O. The summed E-state index contributed by atoms with van der Waals surface area (Å²) >= 11 is 0. The molecule has 3 fully saturated rings. The molecule has 0 aromatic heterocycles. The number of fused-ring (bicyclic) bond motifs is 5. The molecule has 0 amide bonds. The van der Waals surface area contributed by atoms with E-state index in [0.717, 1.165) is 11.8 Å². The Morgan fingerprint density at radius 3 is 2.27 bits per heavy atom. The minimum atomic E-state index is 0.312. The summed E-state index contributed by atoms with van der Waals surface area (Å²) in [5.74, 6) is 1.72. The zero-order chi connectivity index (χ0) is 7.85. The van der Waals surface area contributed by atoms with Crippen LogP contribution in [0.2, 0.25) is 0 Å². The molecule has 1 nitrogen and oxygen atoms in total. The van der Waals surface area contributed by atoms with Gasteiger partial charge in [0.1, 0.15) is 0 Å². The summed E-state index contributed by atoms with van der Waals surface area (Å²) in [6, 6.07) is 0. The molecular weight excluding hydrogens is 136 g/mol. The quantitative estimate of drug-likeness (QED) is 0.485. The van der Waals surface area contributed by atoms with Crippen LogP contribution in [0.1, 0.15) is 33.6 Å². The van der Waals surface area contributed by atoms with Gasteiger partial charge in [-0.1, -0.05) is 13.8 Å². The van der Waals surface area contributed by atoms with Crippen molar-refractivity contribution < 1.29 is 4.74 Å². The van der Waals surface area contributed by atoms with Gasteiger partial charge >= 0.3 is 0 Å². The van der Waals surface area contributed by atoms with E-state index in [4.69, 9.17) is 4.74 Å². The molecule has 2 saturated carbocycles. The first kappa shape index (κ1) is 6.47. The fourth-order valence-electron chi connectivity index (χ4n) is 3.92. The van der Waals surface area contributed by atoms with Gasteiger partial charge in [0.25, 0.3) is 0 Å². The van der Waals surface area contributed by atoms with Gasteiger partial charge in [0.05, 0.1) is 11.7 Å². The van der Waals surface area contributed by atoms with Crippen LogP contribution in [0.5, 0.6) is 0 Å². The summed E-state index contributed by atoms with van der Waals surface area (Å²) in [7, 11) is 0. The lowest BCUT2D eigenvalue weighted by molar-refractivity contribution is 0.0913. The topological polar surface area (TPSA) is 12.5 Å². The third kappa shape index (κ3) is 0.488. The van der Waals surface area contributed by atoms with Gasteiger partial charge in [0, 0.05) is 0 Å². The Kier molecular flexibility index (Phi) is 0.820. The van der Waals surface area contributed by atoms with Crippen LogP contribution in [0.3, 0.4) is 0 Å². The van der Waals surface area contributed by atoms with E-state index in [0.29, 0.717) is 17.1 Å². The maximum absolute atomic E-state index is 5.76. The molecule has 1 saturated heterocycles. The first-order valence-corrected chi connectivity index (χ1v) is 4.74. The van der Waals surface area contributed by atoms with Crippen molar-refractivity contribution in [2.75, 3.05) is 0 Å². The molecule has 62 valence electrons. The molecule has 0 spiro atoms. The summed E-state index contributed by atoms with van der Waals surface area (Å²) in [6.45, 7) is 7.16. The Morgan fingerprint density at radius 2 is 1.91 bits per heavy atom. The van der Waals surface area contributed by atoms with E-state index in [2.05, 4.69) is 20.8 Å². The molecule has 2 aliphatic carbocycles. The van der Waals surface area contributed by atoms with Crippen LogP contribution in [0, 0.1) is 17.3 Å². The molecule has 0 radical (unpaired) electrons. The lowest BCUT2D eigenvalue weighted by Gasteiger charge is -2.28. The Morgan fingerprint density at radius 1 is 1.18 bits per heavy atom. The van der Waals surface area contributed by atoms with E-state index in [9.17, 15) is 0 Å². The summed E-state index contributed by atoms with van der Waals surface area (Å²) in [6.07, 6.45) is 3.46. The summed E-state index contributed by atoms with van der Waals surface area (Å²) in [5, 5.41) is 0. The fourth-order valence-corrected chi connectivity index (χ4v) is 3.92. The minimum absolute atomic E-state index is 0.312. The van der Waals surface area contributed by atoms with Crippen LogP contribution in [0.15, 0.2) is 0 Å². The van der Waals surface area contributed by atoms with Crippen LogP contribution >= 0.6 is 0 Å². The second-order valence-electron chi connectivity index (χ2n) is 5.28. The van der Waals surface area contributed by atoms with Crippen molar-refractivity contribution in [3.63, 3.8) is 0 Å². The van der Waals surface area contributed by atoms with Gasteiger partial charge in [-0.15, -0.1) is 0 Å². The van der Waals surface area contributed by atoms with Gasteiger partial charge in [-0.3, -0.25) is 0 Å².